The first-order chi connectivity index (χ1) is 10.1. The smallest absolute Gasteiger partial charge is 0.356 e. The van der Waals surface area contributed by atoms with Crippen LogP contribution in [0.3, 0.4) is 0 Å². The number of ether oxygens (including phenoxy) is 1. The van der Waals surface area contributed by atoms with Gasteiger partial charge in [-0.1, -0.05) is 23.7 Å². The molecule has 0 saturated heterocycles. The Labute approximate surface area is 123 Å². The molecule has 0 aliphatic heterocycles. The minimum absolute atomic E-state index is 0.0960. The molecular weight excluding hydrogens is 297 g/mol. The summed E-state index contributed by atoms with van der Waals surface area (Å²) < 4.78 is 19.9. The molecule has 0 saturated carbocycles. The first kappa shape index (κ1) is 13.5. The lowest BCUT2D eigenvalue weighted by Gasteiger charge is -2.01. The number of esters is 1. The minimum Gasteiger partial charge on any atom is -0.464 e. The van der Waals surface area contributed by atoms with Crippen molar-refractivity contribution in [2.75, 3.05) is 7.11 Å². The van der Waals surface area contributed by atoms with Crippen molar-refractivity contribution in [3.05, 3.63) is 52.9 Å². The third-order valence-electron chi connectivity index (χ3n) is 2.94. The lowest BCUT2D eigenvalue weighted by Crippen LogP contribution is -2.08. The molecule has 0 spiro atoms. The molecule has 21 heavy (non-hydrogen) atoms. The zero-order valence-corrected chi connectivity index (χ0v) is 11.6. The van der Waals surface area contributed by atoms with Crippen LogP contribution < -0.4 is 0 Å². The summed E-state index contributed by atoms with van der Waals surface area (Å²) in [5, 5.41) is 4.35. The Bertz CT molecular complexity index is 827. The van der Waals surface area contributed by atoms with E-state index in [2.05, 4.69) is 14.8 Å². The monoisotopic (exact) mass is 305 g/mol. The molecule has 2 heterocycles. The highest BCUT2D eigenvalue weighted by Gasteiger charge is 2.18. The van der Waals surface area contributed by atoms with Gasteiger partial charge in [0.25, 0.3) is 0 Å². The van der Waals surface area contributed by atoms with Gasteiger partial charge in [0.1, 0.15) is 5.82 Å². The molecule has 0 fully saturated rings. The number of hydrogen-bond donors (Lipinski definition) is 0. The molecular formula is C14H9ClFN3O2. The third-order valence-corrected chi connectivity index (χ3v) is 3.26. The number of carbonyl (C=O) groups excluding carboxylic acids is 1. The van der Waals surface area contributed by atoms with Gasteiger partial charge < -0.3 is 4.74 Å². The summed E-state index contributed by atoms with van der Waals surface area (Å²) in [6, 6.07) is 9.15. The van der Waals surface area contributed by atoms with Crippen molar-refractivity contribution in [2.45, 2.75) is 0 Å². The molecule has 0 aliphatic rings. The van der Waals surface area contributed by atoms with E-state index in [4.69, 9.17) is 11.6 Å². The number of methoxy groups -OCH3 is 1. The van der Waals surface area contributed by atoms with E-state index < -0.39 is 11.8 Å². The van der Waals surface area contributed by atoms with E-state index in [1.165, 1.54) is 23.8 Å². The summed E-state index contributed by atoms with van der Waals surface area (Å²) in [4.78, 5) is 15.9. The van der Waals surface area contributed by atoms with E-state index in [-0.39, 0.29) is 22.1 Å². The molecule has 0 N–H and O–H groups in total. The zero-order valence-electron chi connectivity index (χ0n) is 10.9. The number of carbonyl (C=O) groups is 1. The van der Waals surface area contributed by atoms with Crippen molar-refractivity contribution in [3.8, 4) is 11.4 Å². The SMILES string of the molecule is COC(=O)c1cccc2nc(-c3c(F)cccc3Cl)nn12. The van der Waals surface area contributed by atoms with Crippen molar-refractivity contribution in [1.82, 2.24) is 14.6 Å². The lowest BCUT2D eigenvalue weighted by atomic mass is 10.2. The first-order valence-corrected chi connectivity index (χ1v) is 6.38. The van der Waals surface area contributed by atoms with Crippen LogP contribution in [0.4, 0.5) is 4.39 Å². The molecule has 0 aliphatic carbocycles. The summed E-state index contributed by atoms with van der Waals surface area (Å²) in [7, 11) is 1.27. The van der Waals surface area contributed by atoms with Crippen LogP contribution in [0.1, 0.15) is 10.5 Å². The van der Waals surface area contributed by atoms with Crippen molar-refractivity contribution >= 4 is 23.2 Å². The highest BCUT2D eigenvalue weighted by atomic mass is 35.5. The second kappa shape index (κ2) is 5.14. The molecule has 3 rings (SSSR count). The second-order valence-corrected chi connectivity index (χ2v) is 4.61. The van der Waals surface area contributed by atoms with E-state index in [0.29, 0.717) is 5.65 Å². The van der Waals surface area contributed by atoms with Crippen LogP contribution >= 0.6 is 11.6 Å². The maximum absolute atomic E-state index is 13.9. The molecule has 5 nitrogen and oxygen atoms in total. The quantitative estimate of drug-likeness (QED) is 0.683. The van der Waals surface area contributed by atoms with Gasteiger partial charge in [-0.25, -0.2) is 18.7 Å². The Morgan fingerprint density at radius 3 is 2.76 bits per heavy atom. The van der Waals surface area contributed by atoms with Gasteiger partial charge in [0, 0.05) is 0 Å². The van der Waals surface area contributed by atoms with E-state index >= 15 is 0 Å². The molecule has 0 radical (unpaired) electrons. The molecule has 0 bridgehead atoms. The van der Waals surface area contributed by atoms with Crippen LogP contribution in [0.5, 0.6) is 0 Å². The van der Waals surface area contributed by atoms with Crippen LogP contribution in [0, 0.1) is 5.82 Å². The fourth-order valence-corrected chi connectivity index (χ4v) is 2.23. The summed E-state index contributed by atoms with van der Waals surface area (Å²) >= 11 is 6.00. The highest BCUT2D eigenvalue weighted by molar-refractivity contribution is 6.33. The maximum Gasteiger partial charge on any atom is 0.356 e. The summed E-state index contributed by atoms with van der Waals surface area (Å²) in [6.07, 6.45) is 0. The number of rotatable bonds is 2. The molecule has 106 valence electrons. The van der Waals surface area contributed by atoms with Gasteiger partial charge in [0.05, 0.1) is 17.7 Å². The van der Waals surface area contributed by atoms with Crippen LogP contribution in [0.25, 0.3) is 17.0 Å². The summed E-state index contributed by atoms with van der Waals surface area (Å²) in [5.41, 5.74) is 0.687. The molecule has 0 unspecified atom stereocenters. The fourth-order valence-electron chi connectivity index (χ4n) is 1.98. The number of benzene rings is 1. The number of nitrogens with zero attached hydrogens (tertiary/aromatic N) is 3. The Morgan fingerprint density at radius 1 is 1.29 bits per heavy atom. The zero-order chi connectivity index (χ0) is 15.0. The van der Waals surface area contributed by atoms with Gasteiger partial charge in [0.2, 0.25) is 0 Å². The van der Waals surface area contributed by atoms with E-state index in [0.717, 1.165) is 0 Å². The van der Waals surface area contributed by atoms with Crippen LogP contribution in [0.15, 0.2) is 36.4 Å². The van der Waals surface area contributed by atoms with Gasteiger partial charge >= 0.3 is 5.97 Å². The van der Waals surface area contributed by atoms with Crippen LogP contribution in [-0.4, -0.2) is 27.7 Å². The molecule has 7 heteroatoms. The Hall–Kier alpha value is -2.47. The molecule has 0 amide bonds. The molecule has 3 aromatic rings. The fraction of sp³-hybridized carbons (Fsp3) is 0.0714. The van der Waals surface area contributed by atoms with Crippen LogP contribution in [0.2, 0.25) is 5.02 Å². The molecule has 1 aromatic carbocycles. The highest BCUT2D eigenvalue weighted by Crippen LogP contribution is 2.28. The first-order valence-electron chi connectivity index (χ1n) is 6.00. The lowest BCUT2D eigenvalue weighted by molar-refractivity contribution is 0.0591. The number of aromatic nitrogens is 3. The third kappa shape index (κ3) is 2.23. The average Bonchev–Trinajstić information content (AvgIpc) is 2.89. The predicted octanol–water partition coefficient (Wildman–Crippen LogP) is 2.98. The van der Waals surface area contributed by atoms with E-state index in [1.54, 1.807) is 24.3 Å². The van der Waals surface area contributed by atoms with Crippen molar-refractivity contribution in [2.24, 2.45) is 0 Å². The Kier molecular flexibility index (Phi) is 3.31. The topological polar surface area (TPSA) is 56.5 Å². The summed E-state index contributed by atoms with van der Waals surface area (Å²) in [6.45, 7) is 0. The van der Waals surface area contributed by atoms with Crippen molar-refractivity contribution in [1.29, 1.82) is 0 Å². The number of pyridine rings is 1. The van der Waals surface area contributed by atoms with Gasteiger partial charge in [-0.05, 0) is 24.3 Å². The van der Waals surface area contributed by atoms with Gasteiger partial charge in [-0.15, -0.1) is 5.10 Å². The second-order valence-electron chi connectivity index (χ2n) is 4.20. The minimum atomic E-state index is -0.559. The van der Waals surface area contributed by atoms with Gasteiger partial charge in [-0.3, -0.25) is 0 Å². The number of fused-ring (bicyclic) bond motifs is 1. The van der Waals surface area contributed by atoms with Gasteiger partial charge in [0.15, 0.2) is 17.2 Å². The number of halogens is 2. The van der Waals surface area contributed by atoms with E-state index in [9.17, 15) is 9.18 Å². The van der Waals surface area contributed by atoms with Crippen molar-refractivity contribution < 1.29 is 13.9 Å². The Morgan fingerprint density at radius 2 is 2.05 bits per heavy atom. The largest absolute Gasteiger partial charge is 0.464 e. The molecule has 0 atom stereocenters. The van der Waals surface area contributed by atoms with E-state index in [1.807, 2.05) is 0 Å². The van der Waals surface area contributed by atoms with Crippen molar-refractivity contribution in [3.63, 3.8) is 0 Å². The normalized spacial score (nSPS) is 10.8. The van der Waals surface area contributed by atoms with Crippen LogP contribution in [-0.2, 0) is 4.74 Å². The Balaban J connectivity index is 2.25. The predicted molar refractivity (Wildman–Crippen MR) is 74.7 cm³/mol. The maximum atomic E-state index is 13.9. The number of hydrogen-bond acceptors (Lipinski definition) is 4. The van der Waals surface area contributed by atoms with Gasteiger partial charge in [-0.2, -0.15) is 0 Å². The average molecular weight is 306 g/mol. The molecule has 2 aromatic heterocycles. The summed E-state index contributed by atoms with van der Waals surface area (Å²) in [5.74, 6) is -0.982. The standard InChI is InChI=1S/C14H9ClFN3O2/c1-21-14(20)10-6-3-7-11-17-13(18-19(10)11)12-8(15)4-2-5-9(12)16/h2-7H,1H3.